The molecule has 1 aliphatic heterocycles. The minimum atomic E-state index is 0.273. The Bertz CT molecular complexity index is 387. The van der Waals surface area contributed by atoms with Crippen LogP contribution in [0.25, 0.3) is 0 Å². The second-order valence-electron chi connectivity index (χ2n) is 4.79. The van der Waals surface area contributed by atoms with Gasteiger partial charge in [-0.05, 0) is 23.4 Å². The molecule has 0 aliphatic carbocycles. The van der Waals surface area contributed by atoms with Gasteiger partial charge in [-0.15, -0.1) is 11.3 Å². The number of carbonyl (C=O) groups is 1. The van der Waals surface area contributed by atoms with Gasteiger partial charge in [-0.2, -0.15) is 0 Å². The molecule has 94 valence electrons. The van der Waals surface area contributed by atoms with Crippen molar-refractivity contribution in [2.24, 2.45) is 0 Å². The zero-order chi connectivity index (χ0) is 12.3. The molecule has 2 rings (SSSR count). The number of thiophene rings is 1. The molecule has 1 N–H and O–H groups in total. The predicted molar refractivity (Wildman–Crippen MR) is 71.2 cm³/mol. The molecule has 1 amide bonds. The highest BCUT2D eigenvalue weighted by Gasteiger charge is 2.20. The Morgan fingerprint density at radius 3 is 3.18 bits per heavy atom. The smallest absolute Gasteiger partial charge is 0.224 e. The number of nitrogens with zero attached hydrogens (tertiary/aromatic N) is 1. The van der Waals surface area contributed by atoms with Crippen molar-refractivity contribution in [1.29, 1.82) is 0 Å². The van der Waals surface area contributed by atoms with E-state index >= 15 is 0 Å². The van der Waals surface area contributed by atoms with E-state index in [2.05, 4.69) is 30.6 Å². The standard InChI is InChI=1S/C13H20N2OS/c1-10(2)14-6-3-13(16)15-7-4-12-11(9-15)5-8-17-12/h5,8,10,14H,3-4,6-7,9H2,1-2H3. The van der Waals surface area contributed by atoms with Crippen molar-refractivity contribution in [1.82, 2.24) is 10.2 Å². The lowest BCUT2D eigenvalue weighted by Gasteiger charge is -2.27. The van der Waals surface area contributed by atoms with Crippen molar-refractivity contribution in [2.75, 3.05) is 13.1 Å². The lowest BCUT2D eigenvalue weighted by atomic mass is 10.1. The van der Waals surface area contributed by atoms with Gasteiger partial charge in [0.15, 0.2) is 0 Å². The summed E-state index contributed by atoms with van der Waals surface area (Å²) in [5, 5.41) is 5.41. The predicted octanol–water partition coefficient (Wildman–Crippen LogP) is 2.02. The molecule has 0 atom stereocenters. The summed E-state index contributed by atoms with van der Waals surface area (Å²) in [5.74, 6) is 0.273. The van der Waals surface area contributed by atoms with Gasteiger partial charge in [0.05, 0.1) is 0 Å². The molecule has 0 unspecified atom stereocenters. The summed E-state index contributed by atoms with van der Waals surface area (Å²) in [6.45, 7) is 6.67. The van der Waals surface area contributed by atoms with E-state index in [1.807, 2.05) is 16.2 Å². The van der Waals surface area contributed by atoms with E-state index in [0.717, 1.165) is 26.1 Å². The third-order valence-electron chi connectivity index (χ3n) is 3.05. The van der Waals surface area contributed by atoms with Crippen LogP contribution in [0.5, 0.6) is 0 Å². The Morgan fingerprint density at radius 1 is 1.59 bits per heavy atom. The molecule has 0 saturated heterocycles. The van der Waals surface area contributed by atoms with Crippen LogP contribution in [0.2, 0.25) is 0 Å². The second kappa shape index (κ2) is 5.65. The van der Waals surface area contributed by atoms with E-state index < -0.39 is 0 Å². The number of hydrogen-bond donors (Lipinski definition) is 1. The Labute approximate surface area is 107 Å². The zero-order valence-corrected chi connectivity index (χ0v) is 11.3. The second-order valence-corrected chi connectivity index (χ2v) is 5.79. The molecule has 0 bridgehead atoms. The molecular formula is C13H20N2OS. The van der Waals surface area contributed by atoms with Gasteiger partial charge in [0.25, 0.3) is 0 Å². The Balaban J connectivity index is 1.82. The number of hydrogen-bond acceptors (Lipinski definition) is 3. The number of fused-ring (bicyclic) bond motifs is 1. The summed E-state index contributed by atoms with van der Waals surface area (Å²) in [4.78, 5) is 15.4. The normalized spacial score (nSPS) is 15.1. The minimum absolute atomic E-state index is 0.273. The van der Waals surface area contributed by atoms with Crippen LogP contribution in [0.3, 0.4) is 0 Å². The molecule has 0 fully saturated rings. The van der Waals surface area contributed by atoms with Crippen LogP contribution < -0.4 is 5.32 Å². The van der Waals surface area contributed by atoms with E-state index in [9.17, 15) is 4.79 Å². The number of carbonyl (C=O) groups excluding carboxylic acids is 1. The number of amides is 1. The summed E-state index contributed by atoms with van der Waals surface area (Å²) < 4.78 is 0. The highest BCUT2D eigenvalue weighted by atomic mass is 32.1. The van der Waals surface area contributed by atoms with Crippen molar-refractivity contribution in [3.8, 4) is 0 Å². The summed E-state index contributed by atoms with van der Waals surface area (Å²) in [7, 11) is 0. The Hall–Kier alpha value is -0.870. The van der Waals surface area contributed by atoms with Gasteiger partial charge in [-0.1, -0.05) is 13.8 Å². The maximum absolute atomic E-state index is 12.0. The molecule has 0 spiro atoms. The van der Waals surface area contributed by atoms with Gasteiger partial charge in [0.2, 0.25) is 5.91 Å². The lowest BCUT2D eigenvalue weighted by molar-refractivity contribution is -0.132. The molecule has 0 saturated carbocycles. The summed E-state index contributed by atoms with van der Waals surface area (Å²) in [6.07, 6.45) is 1.63. The lowest BCUT2D eigenvalue weighted by Crippen LogP contribution is -2.37. The first kappa shape index (κ1) is 12.6. The van der Waals surface area contributed by atoms with Crippen LogP contribution >= 0.6 is 11.3 Å². The van der Waals surface area contributed by atoms with Gasteiger partial charge >= 0.3 is 0 Å². The van der Waals surface area contributed by atoms with Crippen LogP contribution in [0.15, 0.2) is 11.4 Å². The topological polar surface area (TPSA) is 32.3 Å². The molecule has 0 radical (unpaired) electrons. The molecule has 1 aromatic heterocycles. The van der Waals surface area contributed by atoms with Gasteiger partial charge in [0, 0.05) is 37.0 Å². The summed E-state index contributed by atoms with van der Waals surface area (Å²) in [5.41, 5.74) is 1.34. The molecular weight excluding hydrogens is 232 g/mol. The highest BCUT2D eigenvalue weighted by Crippen LogP contribution is 2.24. The van der Waals surface area contributed by atoms with Crippen molar-refractivity contribution in [3.63, 3.8) is 0 Å². The van der Waals surface area contributed by atoms with Crippen LogP contribution in [0, 0.1) is 0 Å². The number of nitrogens with one attached hydrogen (secondary N) is 1. The van der Waals surface area contributed by atoms with Crippen molar-refractivity contribution >= 4 is 17.2 Å². The van der Waals surface area contributed by atoms with Crippen LogP contribution in [0.4, 0.5) is 0 Å². The third-order valence-corrected chi connectivity index (χ3v) is 4.07. The van der Waals surface area contributed by atoms with Crippen molar-refractivity contribution in [3.05, 3.63) is 21.9 Å². The SMILES string of the molecule is CC(C)NCCC(=O)N1CCc2sccc2C1. The fourth-order valence-corrected chi connectivity index (χ4v) is 2.98. The summed E-state index contributed by atoms with van der Waals surface area (Å²) in [6, 6.07) is 2.60. The average molecular weight is 252 g/mol. The molecule has 2 heterocycles. The van der Waals surface area contributed by atoms with Gasteiger partial charge in [-0.3, -0.25) is 4.79 Å². The van der Waals surface area contributed by atoms with E-state index in [-0.39, 0.29) is 5.91 Å². The molecule has 0 aromatic carbocycles. The number of rotatable bonds is 4. The fraction of sp³-hybridized carbons (Fsp3) is 0.615. The van der Waals surface area contributed by atoms with E-state index in [0.29, 0.717) is 12.5 Å². The van der Waals surface area contributed by atoms with E-state index in [1.165, 1.54) is 10.4 Å². The minimum Gasteiger partial charge on any atom is -0.338 e. The van der Waals surface area contributed by atoms with E-state index in [4.69, 9.17) is 0 Å². The first-order chi connectivity index (χ1) is 8.16. The van der Waals surface area contributed by atoms with Crippen molar-refractivity contribution in [2.45, 2.75) is 39.3 Å². The highest BCUT2D eigenvalue weighted by molar-refractivity contribution is 7.10. The maximum Gasteiger partial charge on any atom is 0.224 e. The van der Waals surface area contributed by atoms with Gasteiger partial charge in [-0.25, -0.2) is 0 Å². The maximum atomic E-state index is 12.0. The Kier molecular flexibility index (Phi) is 4.18. The third kappa shape index (κ3) is 3.30. The molecule has 3 nitrogen and oxygen atoms in total. The largest absolute Gasteiger partial charge is 0.338 e. The summed E-state index contributed by atoms with van der Waals surface area (Å²) >= 11 is 1.81. The first-order valence-electron chi connectivity index (χ1n) is 6.23. The molecule has 1 aliphatic rings. The van der Waals surface area contributed by atoms with Gasteiger partial charge in [0.1, 0.15) is 0 Å². The van der Waals surface area contributed by atoms with E-state index in [1.54, 1.807) is 0 Å². The van der Waals surface area contributed by atoms with Crippen molar-refractivity contribution < 1.29 is 4.79 Å². The first-order valence-corrected chi connectivity index (χ1v) is 7.11. The Morgan fingerprint density at radius 2 is 2.41 bits per heavy atom. The quantitative estimate of drug-likeness (QED) is 0.889. The fourth-order valence-electron chi connectivity index (χ4n) is 2.09. The average Bonchev–Trinajstić information content (AvgIpc) is 2.75. The molecule has 4 heteroatoms. The molecule has 1 aromatic rings. The van der Waals surface area contributed by atoms with Crippen LogP contribution in [-0.4, -0.2) is 29.9 Å². The monoisotopic (exact) mass is 252 g/mol. The van der Waals surface area contributed by atoms with Gasteiger partial charge < -0.3 is 10.2 Å². The van der Waals surface area contributed by atoms with Crippen LogP contribution in [-0.2, 0) is 17.8 Å². The molecule has 17 heavy (non-hydrogen) atoms. The zero-order valence-electron chi connectivity index (χ0n) is 10.5. The van der Waals surface area contributed by atoms with Crippen LogP contribution in [0.1, 0.15) is 30.7 Å².